The maximum absolute atomic E-state index is 10.00. The number of rotatable bonds is 5. The molecule has 1 N–H and O–H groups in total. The molecule has 1 aromatic rings. The molecule has 1 aliphatic rings. The van der Waals surface area contributed by atoms with Gasteiger partial charge < -0.3 is 9.84 Å². The monoisotopic (exact) mass is 238 g/mol. The van der Waals surface area contributed by atoms with Gasteiger partial charge in [0.05, 0.1) is 17.9 Å². The second-order valence-electron chi connectivity index (χ2n) is 4.97. The first-order valence-electron chi connectivity index (χ1n) is 6.44. The number of aliphatic hydroxyl groups is 1. The summed E-state index contributed by atoms with van der Waals surface area (Å²) in [6.45, 7) is 2.87. The summed E-state index contributed by atoms with van der Waals surface area (Å²) in [6, 6.07) is 2.04. The Balaban J connectivity index is 1.76. The average Bonchev–Trinajstić information content (AvgIpc) is 2.87. The predicted molar refractivity (Wildman–Crippen MR) is 65.9 cm³/mol. The zero-order chi connectivity index (χ0) is 12.3. The van der Waals surface area contributed by atoms with Crippen molar-refractivity contribution in [2.45, 2.75) is 51.2 Å². The van der Waals surface area contributed by atoms with Gasteiger partial charge in [0, 0.05) is 25.8 Å². The first-order valence-corrected chi connectivity index (χ1v) is 6.44. The molecule has 0 radical (unpaired) electrons. The van der Waals surface area contributed by atoms with E-state index in [9.17, 15) is 5.11 Å². The molecular formula is C13H22N2O2. The van der Waals surface area contributed by atoms with E-state index in [1.807, 2.05) is 24.7 Å². The molecule has 0 aromatic carbocycles. The molecule has 17 heavy (non-hydrogen) atoms. The molecule has 4 heteroatoms. The van der Waals surface area contributed by atoms with Crippen LogP contribution in [0.1, 0.15) is 37.1 Å². The zero-order valence-electron chi connectivity index (χ0n) is 10.7. The Hall–Kier alpha value is -0.870. The molecule has 2 atom stereocenters. The minimum absolute atomic E-state index is 0.283. The van der Waals surface area contributed by atoms with Crippen molar-refractivity contribution in [3.05, 3.63) is 17.5 Å². The molecule has 2 heterocycles. The zero-order valence-corrected chi connectivity index (χ0v) is 10.7. The maximum atomic E-state index is 10.00. The van der Waals surface area contributed by atoms with Crippen LogP contribution in [-0.4, -0.2) is 33.7 Å². The van der Waals surface area contributed by atoms with Crippen LogP contribution in [0.5, 0.6) is 0 Å². The van der Waals surface area contributed by atoms with Gasteiger partial charge in [-0.2, -0.15) is 5.10 Å². The summed E-state index contributed by atoms with van der Waals surface area (Å²) in [5.74, 6) is 0. The topological polar surface area (TPSA) is 47.3 Å². The number of aliphatic hydroxyl groups excluding tert-OH is 1. The number of nitrogens with zero attached hydrogens (tertiary/aromatic N) is 2. The van der Waals surface area contributed by atoms with Crippen molar-refractivity contribution in [3.8, 4) is 0 Å². The van der Waals surface area contributed by atoms with Gasteiger partial charge in [-0.15, -0.1) is 0 Å². The molecule has 2 rings (SSSR count). The van der Waals surface area contributed by atoms with Crippen LogP contribution in [0.3, 0.4) is 0 Å². The van der Waals surface area contributed by atoms with Gasteiger partial charge in [0.1, 0.15) is 0 Å². The summed E-state index contributed by atoms with van der Waals surface area (Å²) in [7, 11) is 1.93. The Bertz CT molecular complexity index is 356. The largest absolute Gasteiger partial charge is 0.393 e. The molecule has 1 aromatic heterocycles. The van der Waals surface area contributed by atoms with Gasteiger partial charge in [0.25, 0.3) is 0 Å². The van der Waals surface area contributed by atoms with Crippen molar-refractivity contribution in [1.29, 1.82) is 0 Å². The molecule has 0 bridgehead atoms. The molecule has 0 spiro atoms. The molecule has 2 unspecified atom stereocenters. The number of aromatic nitrogens is 2. The lowest BCUT2D eigenvalue weighted by molar-refractivity contribution is 0.0808. The molecule has 96 valence electrons. The Morgan fingerprint density at radius 1 is 1.65 bits per heavy atom. The molecule has 4 nitrogen and oxygen atoms in total. The van der Waals surface area contributed by atoms with Gasteiger partial charge in [-0.05, 0) is 38.7 Å². The third-order valence-electron chi connectivity index (χ3n) is 3.39. The molecule has 1 aliphatic heterocycles. The predicted octanol–water partition coefficient (Wildman–Crippen LogP) is 1.59. The highest BCUT2D eigenvalue weighted by Crippen LogP contribution is 2.18. The fourth-order valence-corrected chi connectivity index (χ4v) is 2.45. The number of aryl methyl sites for hydroxylation is 2. The van der Waals surface area contributed by atoms with E-state index in [0.717, 1.165) is 37.3 Å². The van der Waals surface area contributed by atoms with Gasteiger partial charge in [-0.3, -0.25) is 4.68 Å². The summed E-state index contributed by atoms with van der Waals surface area (Å²) in [6.07, 6.45) is 4.88. The standard InChI is InChI=1S/C13H22N2O2/c1-10-8-11(15(2)14-10)9-12(16)5-6-13-4-3-7-17-13/h8,12-13,16H,3-7,9H2,1-2H3. The normalized spacial score (nSPS) is 21.9. The van der Waals surface area contributed by atoms with Crippen LogP contribution in [0.25, 0.3) is 0 Å². The summed E-state index contributed by atoms with van der Waals surface area (Å²) >= 11 is 0. The fourth-order valence-electron chi connectivity index (χ4n) is 2.45. The minimum atomic E-state index is -0.283. The first kappa shape index (κ1) is 12.6. The summed E-state index contributed by atoms with van der Waals surface area (Å²) in [5, 5.41) is 14.3. The molecule has 0 saturated carbocycles. The van der Waals surface area contributed by atoms with Crippen molar-refractivity contribution in [2.24, 2.45) is 7.05 Å². The van der Waals surface area contributed by atoms with Gasteiger partial charge in [0.15, 0.2) is 0 Å². The molecule has 1 fully saturated rings. The van der Waals surface area contributed by atoms with E-state index in [1.165, 1.54) is 6.42 Å². The first-order chi connectivity index (χ1) is 8.15. The number of hydrogen-bond donors (Lipinski definition) is 1. The van der Waals surface area contributed by atoms with Crippen LogP contribution in [-0.2, 0) is 18.2 Å². The van der Waals surface area contributed by atoms with Crippen molar-refractivity contribution in [1.82, 2.24) is 9.78 Å². The van der Waals surface area contributed by atoms with Gasteiger partial charge in [-0.1, -0.05) is 0 Å². The highest BCUT2D eigenvalue weighted by atomic mass is 16.5. The van der Waals surface area contributed by atoms with E-state index < -0.39 is 0 Å². The third-order valence-corrected chi connectivity index (χ3v) is 3.39. The Morgan fingerprint density at radius 2 is 2.47 bits per heavy atom. The highest BCUT2D eigenvalue weighted by Gasteiger charge is 2.17. The second-order valence-corrected chi connectivity index (χ2v) is 4.97. The van der Waals surface area contributed by atoms with Gasteiger partial charge in [0.2, 0.25) is 0 Å². The molecule has 0 aliphatic carbocycles. The van der Waals surface area contributed by atoms with E-state index in [4.69, 9.17) is 4.74 Å². The van der Waals surface area contributed by atoms with Crippen LogP contribution in [0.2, 0.25) is 0 Å². The summed E-state index contributed by atoms with van der Waals surface area (Å²) in [4.78, 5) is 0. The lowest BCUT2D eigenvalue weighted by Crippen LogP contribution is -2.16. The van der Waals surface area contributed by atoms with Crippen molar-refractivity contribution >= 4 is 0 Å². The van der Waals surface area contributed by atoms with E-state index in [0.29, 0.717) is 12.5 Å². The van der Waals surface area contributed by atoms with Crippen LogP contribution >= 0.6 is 0 Å². The number of ether oxygens (including phenoxy) is 1. The molecular weight excluding hydrogens is 216 g/mol. The minimum Gasteiger partial charge on any atom is -0.393 e. The highest BCUT2D eigenvalue weighted by molar-refractivity contribution is 5.09. The quantitative estimate of drug-likeness (QED) is 0.847. The molecule has 0 amide bonds. The van der Waals surface area contributed by atoms with Crippen molar-refractivity contribution in [2.75, 3.05) is 6.61 Å². The van der Waals surface area contributed by atoms with Gasteiger partial charge >= 0.3 is 0 Å². The Labute approximate surface area is 103 Å². The maximum Gasteiger partial charge on any atom is 0.0596 e. The summed E-state index contributed by atoms with van der Waals surface area (Å²) < 4.78 is 7.40. The van der Waals surface area contributed by atoms with Crippen LogP contribution < -0.4 is 0 Å². The summed E-state index contributed by atoms with van der Waals surface area (Å²) in [5.41, 5.74) is 2.11. The van der Waals surface area contributed by atoms with Gasteiger partial charge in [-0.25, -0.2) is 0 Å². The van der Waals surface area contributed by atoms with E-state index >= 15 is 0 Å². The van der Waals surface area contributed by atoms with Crippen molar-refractivity contribution < 1.29 is 9.84 Å². The van der Waals surface area contributed by atoms with Crippen LogP contribution in [0.15, 0.2) is 6.07 Å². The van der Waals surface area contributed by atoms with E-state index in [2.05, 4.69) is 5.10 Å². The van der Waals surface area contributed by atoms with E-state index in [1.54, 1.807) is 0 Å². The smallest absolute Gasteiger partial charge is 0.0596 e. The van der Waals surface area contributed by atoms with Crippen LogP contribution in [0.4, 0.5) is 0 Å². The van der Waals surface area contributed by atoms with E-state index in [-0.39, 0.29) is 6.10 Å². The Kier molecular flexibility index (Phi) is 4.18. The van der Waals surface area contributed by atoms with Crippen LogP contribution in [0, 0.1) is 6.92 Å². The lowest BCUT2D eigenvalue weighted by atomic mass is 10.0. The fraction of sp³-hybridized carbons (Fsp3) is 0.769. The van der Waals surface area contributed by atoms with Crippen molar-refractivity contribution in [3.63, 3.8) is 0 Å². The average molecular weight is 238 g/mol. The molecule has 1 saturated heterocycles. The number of hydrogen-bond acceptors (Lipinski definition) is 3. The SMILES string of the molecule is Cc1cc(CC(O)CCC2CCCO2)n(C)n1. The second kappa shape index (κ2) is 5.65. The third kappa shape index (κ3) is 3.54. The Morgan fingerprint density at radius 3 is 3.06 bits per heavy atom. The lowest BCUT2D eigenvalue weighted by Gasteiger charge is -2.13.